The van der Waals surface area contributed by atoms with Gasteiger partial charge < -0.3 is 135 Å². The van der Waals surface area contributed by atoms with Gasteiger partial charge >= 0.3 is 5.97 Å². The Hall–Kier alpha value is -11.7. The van der Waals surface area contributed by atoms with Crippen molar-refractivity contribution in [3.05, 3.63) is 65.7 Å². The molecule has 722 valence electrons. The number of rotatable bonds is 60. The number of amides is 16. The molecule has 43 heteroatoms. The van der Waals surface area contributed by atoms with Crippen molar-refractivity contribution in [1.29, 1.82) is 0 Å². The topological polar surface area (TPSA) is 725 Å². The molecule has 0 bridgehead atoms. The zero-order chi connectivity index (χ0) is 97.1. The van der Waals surface area contributed by atoms with E-state index in [1.165, 1.54) is 31.2 Å². The number of carboxylic acid groups (broad SMARTS) is 1. The first-order valence-electron chi connectivity index (χ1n) is 44.1. The average molecular weight is 1820 g/mol. The molecule has 3 rings (SSSR count). The van der Waals surface area contributed by atoms with Crippen molar-refractivity contribution in [2.45, 2.75) is 295 Å². The zero-order valence-electron chi connectivity index (χ0n) is 76.0. The molecule has 2 aromatic rings. The quantitative estimate of drug-likeness (QED) is 0.0169. The first-order chi connectivity index (χ1) is 60.7. The highest BCUT2D eigenvalue weighted by atomic mass is 16.4. The third kappa shape index (κ3) is 40.2. The van der Waals surface area contributed by atoms with Gasteiger partial charge in [0, 0.05) is 32.4 Å². The first-order valence-corrected chi connectivity index (χ1v) is 44.1. The van der Waals surface area contributed by atoms with E-state index in [0.717, 1.165) is 4.90 Å². The molecule has 2 aromatic carbocycles. The average Bonchev–Trinajstić information content (AvgIpc) is 1.60. The Balaban J connectivity index is 2.04. The van der Waals surface area contributed by atoms with E-state index < -0.39 is 235 Å². The smallest absolute Gasteiger partial charge is 0.326 e. The summed E-state index contributed by atoms with van der Waals surface area (Å²) in [6, 6.07) is -8.77. The third-order valence-corrected chi connectivity index (χ3v) is 21.5. The lowest BCUT2D eigenvalue weighted by molar-refractivity contribution is -0.149. The van der Waals surface area contributed by atoms with Crippen molar-refractivity contribution in [3.63, 3.8) is 0 Å². The minimum atomic E-state index is -1.94. The second kappa shape index (κ2) is 57.3. The van der Waals surface area contributed by atoms with Crippen molar-refractivity contribution >= 4 is 106 Å². The van der Waals surface area contributed by atoms with Gasteiger partial charge in [0.1, 0.15) is 90.3 Å². The molecular formula is C86H142N22O21. The summed E-state index contributed by atoms with van der Waals surface area (Å²) < 4.78 is 0. The van der Waals surface area contributed by atoms with Crippen LogP contribution in [0.15, 0.2) is 59.6 Å². The van der Waals surface area contributed by atoms with Crippen LogP contribution in [-0.4, -0.2) is 261 Å². The van der Waals surface area contributed by atoms with Crippen LogP contribution in [0.2, 0.25) is 0 Å². The van der Waals surface area contributed by atoms with E-state index in [2.05, 4.69) is 74.1 Å². The Bertz CT molecular complexity index is 4060. The minimum absolute atomic E-state index is 0.0254. The fourth-order valence-corrected chi connectivity index (χ4v) is 14.2. The van der Waals surface area contributed by atoms with E-state index in [4.69, 9.17) is 40.1 Å². The number of carboxylic acids is 1. The maximum atomic E-state index is 15.1. The number of carbonyl (C=O) groups excluding carboxylic acids is 16. The monoisotopic (exact) mass is 1820 g/mol. The predicted octanol–water partition coefficient (Wildman–Crippen LogP) is -4.45. The molecule has 1 saturated heterocycles. The maximum absolute atomic E-state index is 15.1. The number of nitrogens with two attached hydrogens (primary N) is 7. The zero-order valence-corrected chi connectivity index (χ0v) is 76.0. The summed E-state index contributed by atoms with van der Waals surface area (Å²) in [5, 5.41) is 75.2. The fourth-order valence-electron chi connectivity index (χ4n) is 14.2. The van der Waals surface area contributed by atoms with Crippen LogP contribution in [0.4, 0.5) is 0 Å². The van der Waals surface area contributed by atoms with Gasteiger partial charge in [-0.15, -0.1) is 0 Å². The standard InChI is InChI=1S/C86H142N22O21/c1-12-49(10)69(106-79(122)60(40-47(6)7)99-73(116)57(26-20-36-94-86(92)93)97-81(124)68(48(8)9)105-83(126)70(50(11)110)107-75(118)56(25-17-19-35-88)95-71(114)54(89)38-45(2)3)82(125)98-55(24-16-18-34-87)72(115)101-61(41-51-22-14-13-15-23-51)78(121)100-59(39-46(4)5)76(119)102-62(42-52-28-30-53(111)31-29-52)77(120)96-58(32-33-66(90)112)74(117)104-64(44-109)80(123)103-63(43-67(91)113)84(127)108-37-21-27-65(108)85(128)129/h13-15,22-23,28-31,45-50,54-65,68-70,109-111H,12,16-21,24-27,32-44,87-89H2,1-11H3,(H2,90,112)(H2,91,113)(H,95,114)(H,96,120)(H,97,124)(H,98,125)(H,99,116)(H,100,121)(H,101,115)(H,102,119)(H,103,123)(H,104,117)(H,105,126)(H,106,122)(H,107,118)(H,128,129)(H4,92,93,94)/t49-,50-,54-,55-,56-,57-,58-,59-,60-,61-,62-,63-,64-,65-,68-,69-,70-/m0/s1. The number of likely N-dealkylation sites (tertiary alicyclic amines) is 1. The maximum Gasteiger partial charge on any atom is 0.326 e. The van der Waals surface area contributed by atoms with Crippen LogP contribution in [0.1, 0.15) is 196 Å². The molecule has 0 saturated carbocycles. The van der Waals surface area contributed by atoms with E-state index in [1.54, 1.807) is 85.7 Å². The Kier molecular flexibility index (Phi) is 49.5. The van der Waals surface area contributed by atoms with Crippen LogP contribution in [0.5, 0.6) is 5.75 Å². The number of benzene rings is 2. The van der Waals surface area contributed by atoms with Crippen LogP contribution in [0, 0.1) is 29.6 Å². The number of aliphatic hydroxyl groups is 2. The summed E-state index contributed by atoms with van der Waals surface area (Å²) in [5.74, 6) is -19.2. The molecule has 0 aliphatic carbocycles. The van der Waals surface area contributed by atoms with Crippen molar-refractivity contribution in [1.82, 2.24) is 74.0 Å². The minimum Gasteiger partial charge on any atom is -0.508 e. The molecule has 17 atom stereocenters. The van der Waals surface area contributed by atoms with Gasteiger partial charge in [0.2, 0.25) is 94.5 Å². The Morgan fingerprint density at radius 1 is 0.442 bits per heavy atom. The molecule has 1 heterocycles. The number of aromatic hydroxyl groups is 1. The lowest BCUT2D eigenvalue weighted by atomic mass is 9.95. The van der Waals surface area contributed by atoms with Crippen molar-refractivity contribution in [2.75, 3.05) is 32.8 Å². The number of phenols is 1. The number of primary amides is 2. The molecule has 1 fully saturated rings. The highest BCUT2D eigenvalue weighted by Gasteiger charge is 2.43. The lowest BCUT2D eigenvalue weighted by Gasteiger charge is -2.31. The van der Waals surface area contributed by atoms with Gasteiger partial charge in [-0.05, 0) is 163 Å². The summed E-state index contributed by atoms with van der Waals surface area (Å²) in [7, 11) is 0. The number of hydrogen-bond acceptors (Lipinski definition) is 24. The van der Waals surface area contributed by atoms with Gasteiger partial charge in [0.25, 0.3) is 0 Å². The van der Waals surface area contributed by atoms with Gasteiger partial charge in [-0.25, -0.2) is 4.79 Å². The number of aliphatic hydroxyl groups excluding tert-OH is 2. The summed E-state index contributed by atoms with van der Waals surface area (Å²) in [6.07, 6.45) is -1.92. The molecule has 0 spiro atoms. The number of hydrogen-bond donors (Lipinski definition) is 24. The molecular weight excluding hydrogens is 1680 g/mol. The van der Waals surface area contributed by atoms with Crippen molar-refractivity contribution in [2.24, 2.45) is 74.7 Å². The molecule has 1 aliphatic heterocycles. The third-order valence-electron chi connectivity index (χ3n) is 21.5. The van der Waals surface area contributed by atoms with E-state index in [0.29, 0.717) is 36.8 Å². The van der Waals surface area contributed by atoms with Crippen LogP contribution in [-0.2, 0) is 94.3 Å². The fraction of sp³-hybridized carbons (Fsp3) is 0.651. The molecule has 0 unspecified atom stereocenters. The molecule has 1 aliphatic rings. The Morgan fingerprint density at radius 2 is 0.829 bits per heavy atom. The normalized spacial score (nSPS) is 16.2. The van der Waals surface area contributed by atoms with Crippen LogP contribution in [0.25, 0.3) is 0 Å². The number of unbranched alkanes of at least 4 members (excludes halogenated alkanes) is 2. The van der Waals surface area contributed by atoms with E-state index in [-0.39, 0.29) is 133 Å². The summed E-state index contributed by atoms with van der Waals surface area (Å²) in [5.41, 5.74) is 40.8. The molecule has 16 amide bonds. The second-order valence-corrected chi connectivity index (χ2v) is 34.4. The summed E-state index contributed by atoms with van der Waals surface area (Å²) in [6.45, 7) is 17.7. The number of aliphatic imine (C=N–C) groups is 1. The largest absolute Gasteiger partial charge is 0.508 e. The number of carbonyl (C=O) groups is 17. The first kappa shape index (κ1) is 111. The molecule has 0 aromatic heterocycles. The number of nitrogens with one attached hydrogen (secondary N) is 13. The van der Waals surface area contributed by atoms with Crippen LogP contribution < -0.4 is 109 Å². The molecule has 0 radical (unpaired) electrons. The van der Waals surface area contributed by atoms with E-state index in [9.17, 15) is 87.5 Å². The SMILES string of the molecule is CC[C@H](C)[C@H](NC(=O)[C@H](CC(C)C)NC(=O)[C@H](CCCN=C(N)N)NC(=O)[C@@H](NC(=O)[C@@H](NC(=O)[C@H](CCCCN)NC(=O)[C@@H](N)CC(C)C)[C@H](C)O)C(C)C)C(=O)N[C@@H](CCCCN)C(=O)N[C@@H](Cc1ccccc1)C(=O)N[C@@H](CC(C)C)C(=O)N[C@@H](Cc1ccc(O)cc1)C(=O)N[C@@H](CCC(N)=O)C(=O)N[C@@H](CO)C(=O)N[C@@H](CC(N)=O)C(=O)N1CCC[C@H]1C(=O)O. The Morgan fingerprint density at radius 3 is 1.28 bits per heavy atom. The Labute approximate surface area is 753 Å². The second-order valence-electron chi connectivity index (χ2n) is 34.4. The van der Waals surface area contributed by atoms with Crippen molar-refractivity contribution < 1.29 is 102 Å². The lowest BCUT2D eigenvalue weighted by Crippen LogP contribution is -2.62. The number of guanidine groups is 1. The van der Waals surface area contributed by atoms with Gasteiger partial charge in [0.15, 0.2) is 5.96 Å². The summed E-state index contributed by atoms with van der Waals surface area (Å²) >= 11 is 0. The van der Waals surface area contributed by atoms with E-state index in [1.807, 2.05) is 13.8 Å². The number of aliphatic carboxylic acids is 1. The van der Waals surface area contributed by atoms with Gasteiger partial charge in [-0.3, -0.25) is 81.7 Å². The summed E-state index contributed by atoms with van der Waals surface area (Å²) in [4.78, 5) is 244. The van der Waals surface area contributed by atoms with Gasteiger partial charge in [-0.2, -0.15) is 0 Å². The van der Waals surface area contributed by atoms with E-state index >= 15 is 14.4 Å². The van der Waals surface area contributed by atoms with Crippen LogP contribution in [0.3, 0.4) is 0 Å². The number of phenolic OH excluding ortho intramolecular Hbond substituents is 1. The molecule has 129 heavy (non-hydrogen) atoms. The highest BCUT2D eigenvalue weighted by Crippen LogP contribution is 2.22. The molecule has 43 nitrogen and oxygen atoms in total. The predicted molar refractivity (Wildman–Crippen MR) is 477 cm³/mol. The molecule has 31 N–H and O–H groups in total. The van der Waals surface area contributed by atoms with Crippen molar-refractivity contribution in [3.8, 4) is 5.75 Å². The van der Waals surface area contributed by atoms with Crippen LogP contribution >= 0.6 is 0 Å². The number of nitrogens with zero attached hydrogens (tertiary/aromatic N) is 2. The highest BCUT2D eigenvalue weighted by molar-refractivity contribution is 6.01. The van der Waals surface area contributed by atoms with Gasteiger partial charge in [0.05, 0.1) is 25.2 Å². The van der Waals surface area contributed by atoms with Gasteiger partial charge in [-0.1, -0.05) is 118 Å².